The third kappa shape index (κ3) is 4.09. The second kappa shape index (κ2) is 8.83. The molecule has 0 amide bonds. The van der Waals surface area contributed by atoms with Gasteiger partial charge in [0.2, 0.25) is 0 Å². The first-order chi connectivity index (χ1) is 14.4. The van der Waals surface area contributed by atoms with Crippen LogP contribution in [0.15, 0.2) is 47.6 Å². The van der Waals surface area contributed by atoms with Crippen LogP contribution >= 0.6 is 46.6 Å². The summed E-state index contributed by atoms with van der Waals surface area (Å²) in [5, 5.41) is 7.43. The number of thioether (sulfide) groups is 1. The normalized spacial score (nSPS) is 17.0. The van der Waals surface area contributed by atoms with Crippen LogP contribution in [-0.2, 0) is 0 Å². The van der Waals surface area contributed by atoms with E-state index in [1.165, 1.54) is 0 Å². The first-order valence-corrected chi connectivity index (χ1v) is 11.7. The number of hydrazone groups is 1. The van der Waals surface area contributed by atoms with E-state index in [2.05, 4.69) is 35.9 Å². The fourth-order valence-electron chi connectivity index (χ4n) is 3.34. The van der Waals surface area contributed by atoms with Crippen LogP contribution in [0.3, 0.4) is 0 Å². The molecule has 0 spiro atoms. The summed E-state index contributed by atoms with van der Waals surface area (Å²) in [5.41, 5.74) is 6.98. The molecule has 1 aromatic heterocycles. The van der Waals surface area contributed by atoms with Gasteiger partial charge in [-0.3, -0.25) is 9.99 Å². The third-order valence-corrected chi connectivity index (χ3v) is 7.31. The van der Waals surface area contributed by atoms with Crippen molar-refractivity contribution in [2.75, 3.05) is 0 Å². The number of hydrogen-bond acceptors (Lipinski definition) is 4. The predicted octanol–water partition coefficient (Wildman–Crippen LogP) is 7.50. The molecule has 1 N–H and O–H groups in total. The highest BCUT2D eigenvalue weighted by atomic mass is 35.5. The number of aromatic nitrogens is 2. The Labute approximate surface area is 195 Å². The van der Waals surface area contributed by atoms with Crippen LogP contribution in [0.25, 0.3) is 17.1 Å². The van der Waals surface area contributed by atoms with Crippen LogP contribution < -0.4 is 5.43 Å². The van der Waals surface area contributed by atoms with Gasteiger partial charge in [-0.1, -0.05) is 60.4 Å². The van der Waals surface area contributed by atoms with E-state index >= 15 is 0 Å². The molecule has 3 aromatic rings. The lowest BCUT2D eigenvalue weighted by atomic mass is 10.1. The maximum atomic E-state index is 6.55. The highest BCUT2D eigenvalue weighted by Gasteiger charge is 2.30. The van der Waals surface area contributed by atoms with Crippen molar-refractivity contribution in [2.45, 2.75) is 32.6 Å². The molecule has 1 aliphatic rings. The van der Waals surface area contributed by atoms with Gasteiger partial charge in [-0.25, -0.2) is 4.98 Å². The Hall–Kier alpha value is -1.66. The van der Waals surface area contributed by atoms with Gasteiger partial charge in [-0.05, 0) is 55.8 Å². The van der Waals surface area contributed by atoms with Crippen LogP contribution in [0.4, 0.5) is 0 Å². The zero-order chi connectivity index (χ0) is 21.4. The first kappa shape index (κ1) is 21.6. The molecule has 0 radical (unpaired) electrons. The Kier molecular flexibility index (Phi) is 6.35. The molecule has 2 aromatic carbocycles. The molecule has 0 aliphatic carbocycles. The van der Waals surface area contributed by atoms with E-state index in [1.807, 2.05) is 36.4 Å². The van der Waals surface area contributed by atoms with Crippen LogP contribution in [0.2, 0.25) is 15.1 Å². The van der Waals surface area contributed by atoms with Gasteiger partial charge in [0, 0.05) is 32.9 Å². The van der Waals surface area contributed by atoms with E-state index < -0.39 is 0 Å². The summed E-state index contributed by atoms with van der Waals surface area (Å²) < 4.78 is 2.10. The largest absolute Gasteiger partial charge is 0.297 e. The lowest BCUT2D eigenvalue weighted by Crippen LogP contribution is -2.09. The topological polar surface area (TPSA) is 42.2 Å². The second-order valence-corrected chi connectivity index (χ2v) is 9.63. The molecule has 0 saturated carbocycles. The Balaban J connectivity index is 1.83. The lowest BCUT2D eigenvalue weighted by molar-refractivity contribution is 0.703. The van der Waals surface area contributed by atoms with Crippen molar-refractivity contribution in [1.29, 1.82) is 0 Å². The van der Waals surface area contributed by atoms with E-state index in [9.17, 15) is 0 Å². The molecule has 1 unspecified atom stereocenters. The zero-order valence-electron chi connectivity index (χ0n) is 16.8. The average molecular weight is 480 g/mol. The van der Waals surface area contributed by atoms with Gasteiger partial charge in [-0.2, -0.15) is 5.10 Å². The van der Waals surface area contributed by atoms with E-state index in [-0.39, 0.29) is 5.37 Å². The number of nitrogens with one attached hydrogen (secondary N) is 1. The summed E-state index contributed by atoms with van der Waals surface area (Å²) in [4.78, 5) is 5.02. The molecule has 2 heterocycles. The zero-order valence-corrected chi connectivity index (χ0v) is 19.9. The van der Waals surface area contributed by atoms with Crippen molar-refractivity contribution >= 4 is 51.6 Å². The summed E-state index contributed by atoms with van der Waals surface area (Å²) in [5.74, 6) is 1.17. The minimum Gasteiger partial charge on any atom is -0.297 e. The number of nitrogens with zero attached hydrogens (tertiary/aromatic N) is 3. The SMILES string of the molecule is CCC(C)C1=NN[C@H](c2nc(-c3ccc(Cl)cc3Cl)n(-c3ccc(Cl)cc3)c2C)S1. The molecule has 4 nitrogen and oxygen atoms in total. The van der Waals surface area contributed by atoms with Crippen molar-refractivity contribution in [3.05, 3.63) is 68.9 Å². The van der Waals surface area contributed by atoms with Gasteiger partial charge in [0.15, 0.2) is 0 Å². The monoisotopic (exact) mass is 478 g/mol. The standard InChI is InChI=1S/C22H21Cl3N4S/c1-4-12(2)21-27-28-22(30-21)19-13(3)29(16-8-5-14(23)6-9-16)20(26-19)17-10-7-15(24)11-18(17)25/h5-12,22,28H,4H2,1-3H3/t12?,22-/m0/s1. The van der Waals surface area contributed by atoms with E-state index in [0.29, 0.717) is 21.0 Å². The van der Waals surface area contributed by atoms with Crippen molar-refractivity contribution in [3.8, 4) is 17.1 Å². The molecule has 0 saturated heterocycles. The van der Waals surface area contributed by atoms with E-state index in [1.54, 1.807) is 17.8 Å². The maximum Gasteiger partial charge on any atom is 0.146 e. The van der Waals surface area contributed by atoms with Gasteiger partial charge < -0.3 is 0 Å². The Morgan fingerprint density at radius 1 is 1.10 bits per heavy atom. The van der Waals surface area contributed by atoms with Crippen LogP contribution in [0.1, 0.15) is 37.0 Å². The smallest absolute Gasteiger partial charge is 0.146 e. The van der Waals surface area contributed by atoms with Gasteiger partial charge in [0.05, 0.1) is 15.8 Å². The quantitative estimate of drug-likeness (QED) is 0.412. The van der Waals surface area contributed by atoms with Crippen molar-refractivity contribution in [2.24, 2.45) is 11.0 Å². The minimum atomic E-state index is -0.0487. The summed E-state index contributed by atoms with van der Waals surface area (Å²) in [6, 6.07) is 13.2. The Morgan fingerprint density at radius 2 is 1.80 bits per heavy atom. The summed E-state index contributed by atoms with van der Waals surface area (Å²) >= 11 is 20.5. The van der Waals surface area contributed by atoms with Gasteiger partial charge >= 0.3 is 0 Å². The van der Waals surface area contributed by atoms with Gasteiger partial charge in [-0.15, -0.1) is 0 Å². The first-order valence-electron chi connectivity index (χ1n) is 9.69. The number of hydrogen-bond donors (Lipinski definition) is 1. The highest BCUT2D eigenvalue weighted by Crippen LogP contribution is 2.40. The number of rotatable bonds is 5. The summed E-state index contributed by atoms with van der Waals surface area (Å²) in [7, 11) is 0. The molecular formula is C22H21Cl3N4S. The number of halogens is 3. The molecule has 4 rings (SSSR count). The molecule has 2 atom stereocenters. The average Bonchev–Trinajstić information content (AvgIpc) is 3.33. The molecular weight excluding hydrogens is 459 g/mol. The third-order valence-electron chi connectivity index (χ3n) is 5.21. The minimum absolute atomic E-state index is 0.0487. The van der Waals surface area contributed by atoms with Crippen molar-refractivity contribution < 1.29 is 0 Å². The van der Waals surface area contributed by atoms with Gasteiger partial charge in [0.25, 0.3) is 0 Å². The molecule has 8 heteroatoms. The molecule has 1 aliphatic heterocycles. The van der Waals surface area contributed by atoms with Crippen LogP contribution in [0, 0.1) is 12.8 Å². The highest BCUT2D eigenvalue weighted by molar-refractivity contribution is 8.14. The Morgan fingerprint density at radius 3 is 2.47 bits per heavy atom. The molecule has 156 valence electrons. The maximum absolute atomic E-state index is 6.55. The molecule has 30 heavy (non-hydrogen) atoms. The predicted molar refractivity (Wildman–Crippen MR) is 129 cm³/mol. The summed E-state index contributed by atoms with van der Waals surface area (Å²) in [6.45, 7) is 6.42. The molecule has 0 bridgehead atoms. The Bertz CT molecular complexity index is 1110. The fraction of sp³-hybridized carbons (Fsp3) is 0.273. The van der Waals surface area contributed by atoms with E-state index in [4.69, 9.17) is 39.8 Å². The van der Waals surface area contributed by atoms with Gasteiger partial charge in [0.1, 0.15) is 11.2 Å². The lowest BCUT2D eigenvalue weighted by Gasteiger charge is -2.12. The van der Waals surface area contributed by atoms with Crippen LogP contribution in [-0.4, -0.2) is 14.6 Å². The van der Waals surface area contributed by atoms with E-state index in [0.717, 1.165) is 39.9 Å². The molecule has 0 fully saturated rings. The summed E-state index contributed by atoms with van der Waals surface area (Å²) in [6.07, 6.45) is 1.05. The van der Waals surface area contributed by atoms with Crippen molar-refractivity contribution in [1.82, 2.24) is 15.0 Å². The van der Waals surface area contributed by atoms with Crippen molar-refractivity contribution in [3.63, 3.8) is 0 Å². The fourth-order valence-corrected chi connectivity index (χ4v) is 5.14. The number of imidazole rings is 1. The second-order valence-electron chi connectivity index (χ2n) is 7.23. The van der Waals surface area contributed by atoms with Crippen LogP contribution in [0.5, 0.6) is 0 Å². The number of benzene rings is 2.